The van der Waals surface area contributed by atoms with E-state index in [4.69, 9.17) is 17.3 Å². The summed E-state index contributed by atoms with van der Waals surface area (Å²) in [5, 5.41) is 0.520. The van der Waals surface area contributed by atoms with Crippen molar-refractivity contribution in [1.29, 1.82) is 0 Å². The Morgan fingerprint density at radius 1 is 1.50 bits per heavy atom. The predicted molar refractivity (Wildman–Crippen MR) is 74.5 cm³/mol. The van der Waals surface area contributed by atoms with E-state index in [1.165, 1.54) is 6.26 Å². The highest BCUT2D eigenvalue weighted by Crippen LogP contribution is 2.27. The van der Waals surface area contributed by atoms with Crippen LogP contribution in [-0.4, -0.2) is 33.8 Å². The fourth-order valence-electron chi connectivity index (χ4n) is 2.11. The summed E-state index contributed by atoms with van der Waals surface area (Å²) in [4.78, 5) is 2.09. The number of hydrogen-bond donors (Lipinski definition) is 2. The summed E-state index contributed by atoms with van der Waals surface area (Å²) in [6.07, 6.45) is 1.96. The Kier molecular flexibility index (Phi) is 3.70. The highest BCUT2D eigenvalue weighted by Gasteiger charge is 2.25. The van der Waals surface area contributed by atoms with Crippen LogP contribution in [0.3, 0.4) is 0 Å². The van der Waals surface area contributed by atoms with E-state index in [0.29, 0.717) is 17.3 Å². The number of hydrogen-bond acceptors (Lipinski definition) is 4. The number of sulfonamides is 1. The first-order valence-electron chi connectivity index (χ1n) is 5.62. The van der Waals surface area contributed by atoms with E-state index in [1.54, 1.807) is 12.1 Å². The van der Waals surface area contributed by atoms with Gasteiger partial charge in [-0.1, -0.05) is 11.6 Å². The average molecular weight is 290 g/mol. The summed E-state index contributed by atoms with van der Waals surface area (Å²) in [7, 11) is -3.15. The molecule has 1 aliphatic heterocycles. The monoisotopic (exact) mass is 289 g/mol. The molecule has 1 aromatic rings. The molecule has 2 rings (SSSR count). The van der Waals surface area contributed by atoms with E-state index in [-0.39, 0.29) is 6.04 Å². The minimum Gasteiger partial charge on any atom is -0.398 e. The lowest BCUT2D eigenvalue weighted by atomic mass is 10.2. The van der Waals surface area contributed by atoms with Crippen LogP contribution in [0.15, 0.2) is 18.2 Å². The average Bonchev–Trinajstić information content (AvgIpc) is 2.68. The zero-order chi connectivity index (χ0) is 13.3. The maximum absolute atomic E-state index is 11.2. The number of benzene rings is 1. The van der Waals surface area contributed by atoms with E-state index in [9.17, 15) is 8.42 Å². The minimum absolute atomic E-state index is 0.0451. The van der Waals surface area contributed by atoms with Crippen molar-refractivity contribution in [3.05, 3.63) is 23.2 Å². The Morgan fingerprint density at radius 3 is 2.83 bits per heavy atom. The lowest BCUT2D eigenvalue weighted by Gasteiger charge is -2.19. The lowest BCUT2D eigenvalue weighted by molar-refractivity contribution is 0.567. The third-order valence-corrected chi connectivity index (χ3v) is 4.01. The molecule has 1 aliphatic rings. The molecule has 0 radical (unpaired) electrons. The van der Waals surface area contributed by atoms with E-state index in [1.807, 2.05) is 6.07 Å². The molecule has 1 saturated heterocycles. The highest BCUT2D eigenvalue weighted by atomic mass is 35.5. The molecule has 1 aromatic carbocycles. The standard InChI is InChI=1S/C11H16ClN3O2S/c1-18(16,17)14-8-4-5-15(7-8)9-2-3-11(13)10(12)6-9/h2-3,6,8,14H,4-5,7,13H2,1H3. The zero-order valence-electron chi connectivity index (χ0n) is 10.1. The first-order chi connectivity index (χ1) is 8.35. The molecule has 1 fully saturated rings. The van der Waals surface area contributed by atoms with Crippen molar-refractivity contribution in [2.45, 2.75) is 12.5 Å². The number of nitrogens with one attached hydrogen (secondary N) is 1. The van der Waals surface area contributed by atoms with Crippen molar-refractivity contribution in [1.82, 2.24) is 4.72 Å². The second-order valence-electron chi connectivity index (χ2n) is 4.53. The van der Waals surface area contributed by atoms with Crippen molar-refractivity contribution in [3.63, 3.8) is 0 Å². The van der Waals surface area contributed by atoms with Crippen LogP contribution in [0.2, 0.25) is 5.02 Å². The van der Waals surface area contributed by atoms with Crippen LogP contribution in [0.25, 0.3) is 0 Å². The topological polar surface area (TPSA) is 75.4 Å². The van der Waals surface area contributed by atoms with E-state index < -0.39 is 10.0 Å². The predicted octanol–water partition coefficient (Wildman–Crippen LogP) is 1.05. The molecule has 7 heteroatoms. The van der Waals surface area contributed by atoms with Gasteiger partial charge in [-0.05, 0) is 24.6 Å². The Balaban J connectivity index is 2.06. The van der Waals surface area contributed by atoms with Crippen LogP contribution in [0, 0.1) is 0 Å². The molecule has 0 spiro atoms. The van der Waals surface area contributed by atoms with E-state index in [0.717, 1.165) is 18.7 Å². The third kappa shape index (κ3) is 3.28. The summed E-state index contributed by atoms with van der Waals surface area (Å²) in [5.41, 5.74) is 7.17. The van der Waals surface area contributed by atoms with E-state index >= 15 is 0 Å². The van der Waals surface area contributed by atoms with Crippen LogP contribution in [-0.2, 0) is 10.0 Å². The molecular formula is C11H16ClN3O2S. The molecule has 100 valence electrons. The van der Waals surface area contributed by atoms with Crippen LogP contribution in [0.4, 0.5) is 11.4 Å². The second-order valence-corrected chi connectivity index (χ2v) is 6.71. The maximum atomic E-state index is 11.2. The first kappa shape index (κ1) is 13.5. The fraction of sp³-hybridized carbons (Fsp3) is 0.455. The van der Waals surface area contributed by atoms with Crippen molar-refractivity contribution in [3.8, 4) is 0 Å². The molecular weight excluding hydrogens is 274 g/mol. The van der Waals surface area contributed by atoms with Gasteiger partial charge in [0.25, 0.3) is 0 Å². The van der Waals surface area contributed by atoms with Gasteiger partial charge in [-0.25, -0.2) is 13.1 Å². The molecule has 0 aliphatic carbocycles. The summed E-state index contributed by atoms with van der Waals surface area (Å²) in [5.74, 6) is 0. The quantitative estimate of drug-likeness (QED) is 0.816. The number of anilines is 2. The van der Waals surface area contributed by atoms with Gasteiger partial charge >= 0.3 is 0 Å². The summed E-state index contributed by atoms with van der Waals surface area (Å²) >= 11 is 5.97. The molecule has 5 nitrogen and oxygen atoms in total. The summed E-state index contributed by atoms with van der Waals surface area (Å²) < 4.78 is 24.9. The third-order valence-electron chi connectivity index (χ3n) is 2.92. The van der Waals surface area contributed by atoms with E-state index in [2.05, 4.69) is 9.62 Å². The van der Waals surface area contributed by atoms with Crippen LogP contribution < -0.4 is 15.4 Å². The van der Waals surface area contributed by atoms with Gasteiger partial charge in [-0.2, -0.15) is 0 Å². The molecule has 0 bridgehead atoms. The number of nitrogen functional groups attached to an aromatic ring is 1. The normalized spacial score (nSPS) is 20.3. The molecule has 1 unspecified atom stereocenters. The second kappa shape index (κ2) is 4.95. The van der Waals surface area contributed by atoms with Crippen molar-refractivity contribution >= 4 is 33.0 Å². The SMILES string of the molecule is CS(=O)(=O)NC1CCN(c2ccc(N)c(Cl)c2)C1. The lowest BCUT2D eigenvalue weighted by Crippen LogP contribution is -2.36. The molecule has 0 aromatic heterocycles. The van der Waals surface area contributed by atoms with Gasteiger partial charge in [0.2, 0.25) is 10.0 Å². The number of halogens is 1. The van der Waals surface area contributed by atoms with Crippen LogP contribution >= 0.6 is 11.6 Å². The Bertz CT molecular complexity index is 547. The zero-order valence-corrected chi connectivity index (χ0v) is 11.6. The number of nitrogens with two attached hydrogens (primary N) is 1. The summed E-state index contributed by atoms with van der Waals surface area (Å²) in [6.45, 7) is 1.45. The van der Waals surface area contributed by atoms with Crippen molar-refractivity contribution in [2.75, 3.05) is 30.0 Å². The number of nitrogens with zero attached hydrogens (tertiary/aromatic N) is 1. The van der Waals surface area contributed by atoms with Crippen LogP contribution in [0.5, 0.6) is 0 Å². The van der Waals surface area contributed by atoms with Gasteiger partial charge < -0.3 is 10.6 Å². The molecule has 18 heavy (non-hydrogen) atoms. The van der Waals surface area contributed by atoms with Crippen molar-refractivity contribution < 1.29 is 8.42 Å². The van der Waals surface area contributed by atoms with Gasteiger partial charge in [-0.3, -0.25) is 0 Å². The molecule has 0 saturated carbocycles. The fourth-order valence-corrected chi connectivity index (χ4v) is 3.08. The number of rotatable bonds is 3. The van der Waals surface area contributed by atoms with Crippen LogP contribution in [0.1, 0.15) is 6.42 Å². The summed E-state index contributed by atoms with van der Waals surface area (Å²) in [6, 6.07) is 5.41. The largest absolute Gasteiger partial charge is 0.398 e. The molecule has 1 atom stereocenters. The molecule has 0 amide bonds. The van der Waals surface area contributed by atoms with Gasteiger partial charge in [0.1, 0.15) is 0 Å². The van der Waals surface area contributed by atoms with Gasteiger partial charge in [0.05, 0.1) is 17.0 Å². The molecule has 3 N–H and O–H groups in total. The Hall–Kier alpha value is -0.980. The van der Waals surface area contributed by atoms with Crippen molar-refractivity contribution in [2.24, 2.45) is 0 Å². The van der Waals surface area contributed by atoms with Gasteiger partial charge in [-0.15, -0.1) is 0 Å². The Morgan fingerprint density at radius 2 is 2.22 bits per heavy atom. The molecule has 1 heterocycles. The van der Waals surface area contributed by atoms with Gasteiger partial charge in [0.15, 0.2) is 0 Å². The first-order valence-corrected chi connectivity index (χ1v) is 7.89. The highest BCUT2D eigenvalue weighted by molar-refractivity contribution is 7.88. The maximum Gasteiger partial charge on any atom is 0.209 e. The van der Waals surface area contributed by atoms with Gasteiger partial charge in [0, 0.05) is 24.8 Å². The Labute approximate surface area is 112 Å². The smallest absolute Gasteiger partial charge is 0.209 e. The minimum atomic E-state index is -3.15.